The number of hydrogen-bond donors (Lipinski definition) is 1. The van der Waals surface area contributed by atoms with Crippen LogP contribution in [0.4, 0.5) is 4.39 Å². The standard InChI is InChI=1S/C21H23FN4O3S/c1-4-24-10-15(11-30-3)26-17-12(2)23-25(9-13-5-7-14(22)8-6-13)20(28)16(17)19(27)18(26)21(24)29/h5-8,15,27H,4,9-11H2,1-3H3. The number of carbonyl (C=O) groups is 1. The number of aromatic nitrogens is 3. The van der Waals surface area contributed by atoms with Gasteiger partial charge in [-0.2, -0.15) is 16.9 Å². The van der Waals surface area contributed by atoms with Crippen LogP contribution in [0.1, 0.15) is 34.7 Å². The van der Waals surface area contributed by atoms with Crippen molar-refractivity contribution in [2.45, 2.75) is 26.4 Å². The molecule has 7 nitrogen and oxygen atoms in total. The summed E-state index contributed by atoms with van der Waals surface area (Å²) in [5.41, 5.74) is 1.45. The Kier molecular flexibility index (Phi) is 5.31. The molecule has 2 aromatic heterocycles. The van der Waals surface area contributed by atoms with E-state index in [0.29, 0.717) is 29.9 Å². The van der Waals surface area contributed by atoms with E-state index in [2.05, 4.69) is 5.10 Å². The minimum Gasteiger partial charge on any atom is -0.505 e. The molecule has 1 atom stereocenters. The Morgan fingerprint density at radius 3 is 2.60 bits per heavy atom. The SMILES string of the molecule is CCN1CC(CSC)n2c(c(O)c3c(=O)n(Cc4ccc(F)cc4)nc(C)c32)C1=O. The molecule has 3 aromatic rings. The van der Waals surface area contributed by atoms with Crippen LogP contribution in [0.2, 0.25) is 0 Å². The van der Waals surface area contributed by atoms with Crippen LogP contribution in [-0.4, -0.2) is 55.4 Å². The second kappa shape index (κ2) is 7.79. The summed E-state index contributed by atoms with van der Waals surface area (Å²) >= 11 is 1.64. The first kappa shape index (κ1) is 20.5. The fraction of sp³-hybridized carbons (Fsp3) is 0.381. The first-order chi connectivity index (χ1) is 14.4. The minimum absolute atomic E-state index is 0.0658. The maximum absolute atomic E-state index is 13.2. The van der Waals surface area contributed by atoms with Gasteiger partial charge >= 0.3 is 0 Å². The summed E-state index contributed by atoms with van der Waals surface area (Å²) in [5, 5.41) is 15.5. The number of aromatic hydroxyl groups is 1. The summed E-state index contributed by atoms with van der Waals surface area (Å²) in [7, 11) is 0. The molecule has 1 aromatic carbocycles. The first-order valence-electron chi connectivity index (χ1n) is 9.74. The fourth-order valence-electron chi connectivity index (χ4n) is 4.14. The van der Waals surface area contributed by atoms with E-state index in [-0.39, 0.29) is 41.1 Å². The summed E-state index contributed by atoms with van der Waals surface area (Å²) in [6, 6.07) is 5.76. The van der Waals surface area contributed by atoms with Gasteiger partial charge in [0, 0.05) is 18.8 Å². The molecule has 3 heterocycles. The lowest BCUT2D eigenvalue weighted by Gasteiger charge is -2.34. The summed E-state index contributed by atoms with van der Waals surface area (Å²) in [6.07, 6.45) is 1.98. The van der Waals surface area contributed by atoms with Crippen LogP contribution in [0.5, 0.6) is 5.75 Å². The van der Waals surface area contributed by atoms with Crippen LogP contribution in [0.25, 0.3) is 10.9 Å². The van der Waals surface area contributed by atoms with Crippen molar-refractivity contribution in [1.82, 2.24) is 19.2 Å². The van der Waals surface area contributed by atoms with E-state index >= 15 is 0 Å². The molecule has 0 bridgehead atoms. The number of hydrogen-bond acceptors (Lipinski definition) is 5. The highest BCUT2D eigenvalue weighted by molar-refractivity contribution is 7.98. The maximum atomic E-state index is 13.2. The Labute approximate surface area is 177 Å². The molecular weight excluding hydrogens is 407 g/mol. The molecule has 0 fully saturated rings. The van der Waals surface area contributed by atoms with Gasteiger partial charge in [0.05, 0.1) is 23.8 Å². The quantitative estimate of drug-likeness (QED) is 0.673. The smallest absolute Gasteiger partial charge is 0.280 e. The lowest BCUT2D eigenvalue weighted by molar-refractivity contribution is 0.0688. The summed E-state index contributed by atoms with van der Waals surface area (Å²) < 4.78 is 16.2. The van der Waals surface area contributed by atoms with Crippen LogP contribution < -0.4 is 5.56 Å². The lowest BCUT2D eigenvalue weighted by Crippen LogP contribution is -2.43. The van der Waals surface area contributed by atoms with Crippen LogP contribution in [0, 0.1) is 12.7 Å². The van der Waals surface area contributed by atoms with Crippen molar-refractivity contribution in [3.05, 3.63) is 57.4 Å². The summed E-state index contributed by atoms with van der Waals surface area (Å²) in [5.74, 6) is -0.199. The predicted octanol–water partition coefficient (Wildman–Crippen LogP) is 2.78. The fourth-order valence-corrected chi connectivity index (χ4v) is 4.78. The average Bonchev–Trinajstić information content (AvgIpc) is 3.04. The highest BCUT2D eigenvalue weighted by Crippen LogP contribution is 2.38. The second-order valence-electron chi connectivity index (χ2n) is 7.42. The average molecular weight is 431 g/mol. The molecule has 1 N–H and O–H groups in total. The van der Waals surface area contributed by atoms with Gasteiger partial charge < -0.3 is 14.6 Å². The molecule has 1 aliphatic rings. The number of benzene rings is 1. The number of carbonyl (C=O) groups excluding carboxylic acids is 1. The predicted molar refractivity (Wildman–Crippen MR) is 115 cm³/mol. The monoisotopic (exact) mass is 430 g/mol. The number of amides is 1. The minimum atomic E-state index is -0.474. The second-order valence-corrected chi connectivity index (χ2v) is 8.33. The van der Waals surface area contributed by atoms with Crippen molar-refractivity contribution in [2.75, 3.05) is 25.1 Å². The van der Waals surface area contributed by atoms with Crippen molar-refractivity contribution in [3.8, 4) is 5.75 Å². The number of fused-ring (bicyclic) bond motifs is 3. The Morgan fingerprint density at radius 2 is 1.97 bits per heavy atom. The molecule has 0 saturated carbocycles. The largest absolute Gasteiger partial charge is 0.505 e. The molecular formula is C21H23FN4O3S. The zero-order valence-electron chi connectivity index (χ0n) is 17.1. The van der Waals surface area contributed by atoms with Crippen LogP contribution >= 0.6 is 11.8 Å². The number of halogens is 1. The van der Waals surface area contributed by atoms with Gasteiger partial charge in [0.2, 0.25) is 0 Å². The van der Waals surface area contributed by atoms with Gasteiger partial charge in [-0.15, -0.1) is 0 Å². The van der Waals surface area contributed by atoms with Crippen LogP contribution in [0.15, 0.2) is 29.1 Å². The third-order valence-corrected chi connectivity index (χ3v) is 6.23. The molecule has 9 heteroatoms. The van der Waals surface area contributed by atoms with Gasteiger partial charge in [0.1, 0.15) is 11.2 Å². The van der Waals surface area contributed by atoms with Crippen LogP contribution in [0.3, 0.4) is 0 Å². The molecule has 30 heavy (non-hydrogen) atoms. The highest BCUT2D eigenvalue weighted by atomic mass is 32.2. The molecule has 1 aliphatic heterocycles. The Morgan fingerprint density at radius 1 is 1.27 bits per heavy atom. The molecule has 0 saturated heterocycles. The molecule has 0 spiro atoms. The molecule has 1 unspecified atom stereocenters. The maximum Gasteiger partial charge on any atom is 0.280 e. The lowest BCUT2D eigenvalue weighted by atomic mass is 10.2. The number of thioether (sulfide) groups is 1. The van der Waals surface area contributed by atoms with E-state index in [0.717, 1.165) is 5.75 Å². The Balaban J connectivity index is 1.93. The van der Waals surface area contributed by atoms with Gasteiger partial charge in [-0.3, -0.25) is 9.59 Å². The summed E-state index contributed by atoms with van der Waals surface area (Å²) in [6.45, 7) is 4.84. The van der Waals surface area contributed by atoms with Gasteiger partial charge in [-0.1, -0.05) is 12.1 Å². The number of rotatable bonds is 5. The van der Waals surface area contributed by atoms with E-state index in [9.17, 15) is 19.1 Å². The zero-order chi connectivity index (χ0) is 21.6. The Hall–Kier alpha value is -2.81. The molecule has 1 amide bonds. The molecule has 0 radical (unpaired) electrons. The highest BCUT2D eigenvalue weighted by Gasteiger charge is 2.37. The van der Waals surface area contributed by atoms with Gasteiger partial charge in [0.15, 0.2) is 11.4 Å². The van der Waals surface area contributed by atoms with Crippen molar-refractivity contribution < 1.29 is 14.3 Å². The van der Waals surface area contributed by atoms with E-state index < -0.39 is 5.56 Å². The van der Waals surface area contributed by atoms with Crippen molar-refractivity contribution >= 4 is 28.6 Å². The number of nitrogens with zero attached hydrogens (tertiary/aromatic N) is 4. The Bertz CT molecular complexity index is 1190. The normalized spacial score (nSPS) is 16.3. The number of aryl methyl sites for hydroxylation is 1. The van der Waals surface area contributed by atoms with Crippen molar-refractivity contribution in [2.24, 2.45) is 0 Å². The van der Waals surface area contributed by atoms with Crippen LogP contribution in [-0.2, 0) is 6.54 Å². The molecule has 4 rings (SSSR count). The topological polar surface area (TPSA) is 80.4 Å². The zero-order valence-corrected chi connectivity index (χ0v) is 17.9. The third-order valence-electron chi connectivity index (χ3n) is 5.51. The van der Waals surface area contributed by atoms with Crippen molar-refractivity contribution in [1.29, 1.82) is 0 Å². The first-order valence-corrected chi connectivity index (χ1v) is 11.1. The van der Waals surface area contributed by atoms with Gasteiger partial charge in [-0.25, -0.2) is 9.07 Å². The van der Waals surface area contributed by atoms with E-state index in [1.165, 1.54) is 16.8 Å². The third kappa shape index (κ3) is 3.17. The van der Waals surface area contributed by atoms with Crippen molar-refractivity contribution in [3.63, 3.8) is 0 Å². The van der Waals surface area contributed by atoms with E-state index in [4.69, 9.17) is 0 Å². The van der Waals surface area contributed by atoms with Gasteiger partial charge in [-0.05, 0) is 37.8 Å². The van der Waals surface area contributed by atoms with Gasteiger partial charge in [0.25, 0.3) is 11.5 Å². The number of likely N-dealkylation sites (N-methyl/N-ethyl adjacent to an activating group) is 1. The molecule has 0 aliphatic carbocycles. The van der Waals surface area contributed by atoms with E-state index in [1.807, 2.05) is 13.2 Å². The summed E-state index contributed by atoms with van der Waals surface area (Å²) in [4.78, 5) is 27.9. The van der Waals surface area contributed by atoms with E-state index in [1.54, 1.807) is 40.3 Å². The molecule has 158 valence electrons.